The number of rotatable bonds is 6. The van der Waals surface area contributed by atoms with Crippen molar-refractivity contribution in [2.45, 2.75) is 51.2 Å². The fraction of sp³-hybridized carbons (Fsp3) is 0.556. The van der Waals surface area contributed by atoms with E-state index in [1.807, 2.05) is 0 Å². The molecule has 1 fully saturated rings. The third kappa shape index (κ3) is 3.98. The van der Waals surface area contributed by atoms with Gasteiger partial charge in [0, 0.05) is 25.6 Å². The van der Waals surface area contributed by atoms with Crippen molar-refractivity contribution in [3.63, 3.8) is 0 Å². The Balaban J connectivity index is 1.73. The summed E-state index contributed by atoms with van der Waals surface area (Å²) < 4.78 is 10.5. The minimum Gasteiger partial charge on any atom is -0.384 e. The highest BCUT2D eigenvalue weighted by Gasteiger charge is 2.30. The number of likely N-dealkylation sites (tertiary alicyclic amines) is 1. The zero-order valence-corrected chi connectivity index (χ0v) is 13.9. The number of methoxy groups -OCH3 is 1. The second-order valence-electron chi connectivity index (χ2n) is 6.23. The molecule has 0 amide bonds. The Hall–Kier alpha value is -1.72. The van der Waals surface area contributed by atoms with Crippen LogP contribution in [0, 0.1) is 0 Å². The van der Waals surface area contributed by atoms with Gasteiger partial charge in [0.1, 0.15) is 0 Å². The molecule has 0 radical (unpaired) electrons. The summed E-state index contributed by atoms with van der Waals surface area (Å²) in [7, 11) is 1.68. The van der Waals surface area contributed by atoms with Crippen LogP contribution in [0.25, 0.3) is 0 Å². The van der Waals surface area contributed by atoms with Crippen molar-refractivity contribution in [3.05, 3.63) is 47.6 Å². The van der Waals surface area contributed by atoms with Crippen molar-refractivity contribution in [1.82, 2.24) is 15.0 Å². The molecule has 0 spiro atoms. The topological polar surface area (TPSA) is 51.4 Å². The molecule has 0 N–H and O–H groups in total. The van der Waals surface area contributed by atoms with E-state index in [4.69, 9.17) is 9.26 Å². The van der Waals surface area contributed by atoms with Crippen LogP contribution in [0.1, 0.15) is 49.5 Å². The van der Waals surface area contributed by atoms with E-state index >= 15 is 0 Å². The number of hydrogen-bond acceptors (Lipinski definition) is 5. The Morgan fingerprint density at radius 1 is 1.26 bits per heavy atom. The Labute approximate surface area is 137 Å². The van der Waals surface area contributed by atoms with E-state index in [1.54, 1.807) is 7.11 Å². The lowest BCUT2D eigenvalue weighted by Gasteiger charge is -2.40. The van der Waals surface area contributed by atoms with Gasteiger partial charge in [-0.2, -0.15) is 4.98 Å². The average Bonchev–Trinajstić information content (AvgIpc) is 3.03. The molecule has 124 valence electrons. The Morgan fingerprint density at radius 3 is 2.87 bits per heavy atom. The summed E-state index contributed by atoms with van der Waals surface area (Å²) >= 11 is 0. The number of hydrogen-bond donors (Lipinski definition) is 0. The highest BCUT2D eigenvalue weighted by Crippen LogP contribution is 2.35. The van der Waals surface area contributed by atoms with E-state index in [0.29, 0.717) is 37.5 Å². The molecule has 1 aliphatic rings. The van der Waals surface area contributed by atoms with Gasteiger partial charge in [-0.05, 0) is 25.3 Å². The number of benzene rings is 1. The van der Waals surface area contributed by atoms with Gasteiger partial charge < -0.3 is 9.26 Å². The van der Waals surface area contributed by atoms with Gasteiger partial charge in [-0.3, -0.25) is 4.90 Å². The van der Waals surface area contributed by atoms with Crippen LogP contribution < -0.4 is 0 Å². The van der Waals surface area contributed by atoms with E-state index in [9.17, 15) is 0 Å². The molecule has 0 aliphatic carbocycles. The number of piperidine rings is 1. The number of ether oxygens (including phenoxy) is 1. The van der Waals surface area contributed by atoms with Crippen molar-refractivity contribution >= 4 is 0 Å². The maximum Gasteiger partial charge on any atom is 0.240 e. The van der Waals surface area contributed by atoms with Crippen LogP contribution >= 0.6 is 0 Å². The summed E-state index contributed by atoms with van der Waals surface area (Å²) in [5, 5.41) is 4.05. The second-order valence-corrected chi connectivity index (χ2v) is 6.23. The lowest BCUT2D eigenvalue weighted by Crippen LogP contribution is -2.39. The van der Waals surface area contributed by atoms with E-state index in [0.717, 1.165) is 5.82 Å². The molecule has 3 rings (SSSR count). The maximum absolute atomic E-state index is 5.44. The van der Waals surface area contributed by atoms with Gasteiger partial charge in [0.15, 0.2) is 5.82 Å². The normalized spacial score (nSPS) is 22.3. The predicted octanol–water partition coefficient (Wildman–Crippen LogP) is 3.37. The molecular formula is C18H25N3O2. The summed E-state index contributed by atoms with van der Waals surface area (Å²) in [6.07, 6.45) is 4.35. The van der Waals surface area contributed by atoms with Crippen molar-refractivity contribution < 1.29 is 9.26 Å². The van der Waals surface area contributed by atoms with Gasteiger partial charge in [0.25, 0.3) is 0 Å². The zero-order chi connectivity index (χ0) is 16.1. The van der Waals surface area contributed by atoms with Crippen molar-refractivity contribution in [2.75, 3.05) is 13.7 Å². The summed E-state index contributed by atoms with van der Waals surface area (Å²) in [5.41, 5.74) is 1.37. The Kier molecular flexibility index (Phi) is 5.41. The first-order valence-corrected chi connectivity index (χ1v) is 8.39. The molecule has 1 aromatic heterocycles. The van der Waals surface area contributed by atoms with Crippen LogP contribution in [0.5, 0.6) is 0 Å². The summed E-state index contributed by atoms with van der Waals surface area (Å²) in [6, 6.07) is 11.7. The van der Waals surface area contributed by atoms with Crippen LogP contribution in [-0.4, -0.2) is 34.8 Å². The van der Waals surface area contributed by atoms with Gasteiger partial charge >= 0.3 is 0 Å². The molecule has 0 bridgehead atoms. The van der Waals surface area contributed by atoms with Gasteiger partial charge in [-0.1, -0.05) is 41.9 Å². The van der Waals surface area contributed by atoms with Crippen LogP contribution in [0.2, 0.25) is 0 Å². The van der Waals surface area contributed by atoms with Crippen LogP contribution in [-0.2, 0) is 17.7 Å². The summed E-state index contributed by atoms with van der Waals surface area (Å²) in [5.74, 6) is 1.42. The highest BCUT2D eigenvalue weighted by atomic mass is 16.5. The maximum atomic E-state index is 5.44. The summed E-state index contributed by atoms with van der Waals surface area (Å²) in [6.45, 7) is 3.61. The van der Waals surface area contributed by atoms with Crippen LogP contribution in [0.15, 0.2) is 34.9 Å². The molecule has 23 heavy (non-hydrogen) atoms. The third-order valence-electron chi connectivity index (χ3n) is 4.61. The Bertz CT molecular complexity index is 599. The first kappa shape index (κ1) is 16.1. The molecule has 0 saturated carbocycles. The predicted molar refractivity (Wildman–Crippen MR) is 87.9 cm³/mol. The quantitative estimate of drug-likeness (QED) is 0.818. The molecular weight excluding hydrogens is 290 g/mol. The van der Waals surface area contributed by atoms with Crippen LogP contribution in [0.4, 0.5) is 0 Å². The molecule has 5 nitrogen and oxygen atoms in total. The minimum absolute atomic E-state index is 0.425. The fourth-order valence-corrected chi connectivity index (χ4v) is 3.35. The van der Waals surface area contributed by atoms with Crippen LogP contribution in [0.3, 0.4) is 0 Å². The SMILES string of the molecule is COCCc1noc(CN2[C@H](C)CCC[C@@H]2c2ccccc2)n1. The lowest BCUT2D eigenvalue weighted by molar-refractivity contribution is 0.0722. The summed E-state index contributed by atoms with van der Waals surface area (Å²) in [4.78, 5) is 7.00. The molecule has 0 unspecified atom stereocenters. The number of aromatic nitrogens is 2. The van der Waals surface area contributed by atoms with E-state index < -0.39 is 0 Å². The lowest BCUT2D eigenvalue weighted by atomic mass is 9.91. The van der Waals surface area contributed by atoms with E-state index in [-0.39, 0.29) is 0 Å². The molecule has 2 heterocycles. The molecule has 1 aliphatic heterocycles. The minimum atomic E-state index is 0.425. The van der Waals surface area contributed by atoms with Crippen molar-refractivity contribution in [2.24, 2.45) is 0 Å². The Morgan fingerprint density at radius 2 is 2.09 bits per heavy atom. The van der Waals surface area contributed by atoms with Gasteiger partial charge in [-0.15, -0.1) is 0 Å². The second kappa shape index (κ2) is 7.70. The largest absolute Gasteiger partial charge is 0.384 e. The standard InChI is InChI=1S/C18H25N3O2/c1-14-7-6-10-16(15-8-4-3-5-9-15)21(14)13-18-19-17(20-23-18)11-12-22-2/h3-5,8-9,14,16H,6-7,10-13H2,1-2H3/t14-,16-/m1/s1. The third-order valence-corrected chi connectivity index (χ3v) is 4.61. The first-order valence-electron chi connectivity index (χ1n) is 8.39. The highest BCUT2D eigenvalue weighted by molar-refractivity contribution is 5.20. The zero-order valence-electron chi connectivity index (χ0n) is 13.9. The van der Waals surface area contributed by atoms with E-state index in [2.05, 4.69) is 52.3 Å². The number of nitrogens with zero attached hydrogens (tertiary/aromatic N) is 3. The molecule has 1 saturated heterocycles. The van der Waals surface area contributed by atoms with E-state index in [1.165, 1.54) is 24.8 Å². The molecule has 5 heteroatoms. The fourth-order valence-electron chi connectivity index (χ4n) is 3.35. The molecule has 2 aromatic rings. The van der Waals surface area contributed by atoms with Gasteiger partial charge in [0.05, 0.1) is 13.2 Å². The first-order chi connectivity index (χ1) is 11.3. The molecule has 2 atom stereocenters. The van der Waals surface area contributed by atoms with Crippen molar-refractivity contribution in [3.8, 4) is 0 Å². The monoisotopic (exact) mass is 315 g/mol. The van der Waals surface area contributed by atoms with Gasteiger partial charge in [-0.25, -0.2) is 0 Å². The molecule has 1 aromatic carbocycles. The van der Waals surface area contributed by atoms with Gasteiger partial charge in [0.2, 0.25) is 5.89 Å². The average molecular weight is 315 g/mol. The van der Waals surface area contributed by atoms with Crippen molar-refractivity contribution in [1.29, 1.82) is 0 Å². The smallest absolute Gasteiger partial charge is 0.240 e.